The Bertz CT molecular complexity index is 431. The number of nitrogens with one attached hydrogen (secondary N) is 1. The van der Waals surface area contributed by atoms with Crippen molar-refractivity contribution in [3.8, 4) is 0 Å². The van der Waals surface area contributed by atoms with Gasteiger partial charge >= 0.3 is 0 Å². The van der Waals surface area contributed by atoms with Crippen LogP contribution in [0, 0.1) is 11.6 Å². The van der Waals surface area contributed by atoms with Gasteiger partial charge in [0.05, 0.1) is 5.60 Å². The van der Waals surface area contributed by atoms with Crippen LogP contribution in [0.1, 0.15) is 31.2 Å². The smallest absolute Gasteiger partial charge is 0.129 e. The Balaban J connectivity index is 1.83. The molecule has 0 amide bonds. The second kappa shape index (κ2) is 4.28. The molecule has 2 nitrogen and oxygen atoms in total. The molecule has 3 rings (SSSR count). The summed E-state index contributed by atoms with van der Waals surface area (Å²) in [5, 5.41) is 14.0. The molecule has 2 aliphatic rings. The molecular formula is C14H17F2NO. The van der Waals surface area contributed by atoms with E-state index in [1.165, 1.54) is 18.2 Å². The van der Waals surface area contributed by atoms with Crippen LogP contribution in [0.3, 0.4) is 0 Å². The molecule has 2 saturated heterocycles. The van der Waals surface area contributed by atoms with Gasteiger partial charge in [-0.05, 0) is 37.8 Å². The van der Waals surface area contributed by atoms with Crippen LogP contribution in [-0.4, -0.2) is 22.8 Å². The molecule has 1 aromatic rings. The van der Waals surface area contributed by atoms with Crippen LogP contribution in [0.4, 0.5) is 8.78 Å². The zero-order chi connectivity index (χ0) is 12.8. The summed E-state index contributed by atoms with van der Waals surface area (Å²) in [7, 11) is 0. The average Bonchev–Trinajstić information content (AvgIpc) is 2.64. The van der Waals surface area contributed by atoms with Crippen LogP contribution in [0.15, 0.2) is 18.2 Å². The first kappa shape index (κ1) is 12.1. The molecule has 2 bridgehead atoms. The molecule has 2 fully saturated rings. The van der Waals surface area contributed by atoms with Gasteiger partial charge in [-0.3, -0.25) is 0 Å². The predicted molar refractivity (Wildman–Crippen MR) is 64.2 cm³/mol. The summed E-state index contributed by atoms with van der Waals surface area (Å²) in [6, 6.07) is 4.44. The van der Waals surface area contributed by atoms with Crippen LogP contribution >= 0.6 is 0 Å². The standard InChI is InChI=1S/C14H17F2NO/c15-12-2-1-3-13(16)11(12)8-14(18)6-9-4-5-10(7-14)17-9/h1-3,9-10,17-18H,4-8H2. The third-order valence-electron chi connectivity index (χ3n) is 4.16. The number of hydrogen-bond donors (Lipinski definition) is 2. The van der Waals surface area contributed by atoms with Gasteiger partial charge in [-0.15, -0.1) is 0 Å². The quantitative estimate of drug-likeness (QED) is 0.846. The summed E-state index contributed by atoms with van der Waals surface area (Å²) in [6.07, 6.45) is 3.33. The van der Waals surface area contributed by atoms with Crippen LogP contribution in [0.5, 0.6) is 0 Å². The molecule has 2 atom stereocenters. The molecule has 2 aliphatic heterocycles. The second-order valence-electron chi connectivity index (χ2n) is 5.65. The van der Waals surface area contributed by atoms with E-state index in [4.69, 9.17) is 0 Å². The molecule has 2 heterocycles. The maximum absolute atomic E-state index is 13.6. The summed E-state index contributed by atoms with van der Waals surface area (Å²) in [5.74, 6) is -1.12. The van der Waals surface area contributed by atoms with E-state index in [2.05, 4.69) is 5.32 Å². The molecule has 0 spiro atoms. The molecule has 18 heavy (non-hydrogen) atoms. The molecule has 2 N–H and O–H groups in total. The average molecular weight is 253 g/mol. The molecule has 0 aliphatic carbocycles. The van der Waals surface area contributed by atoms with Crippen molar-refractivity contribution in [2.45, 2.75) is 49.8 Å². The van der Waals surface area contributed by atoms with Gasteiger partial charge in [0.2, 0.25) is 0 Å². The molecule has 98 valence electrons. The monoisotopic (exact) mass is 253 g/mol. The van der Waals surface area contributed by atoms with E-state index in [-0.39, 0.29) is 12.0 Å². The zero-order valence-electron chi connectivity index (χ0n) is 10.1. The Hall–Kier alpha value is -1.00. The van der Waals surface area contributed by atoms with Crippen molar-refractivity contribution in [2.24, 2.45) is 0 Å². The molecule has 0 radical (unpaired) electrons. The van der Waals surface area contributed by atoms with Crippen molar-refractivity contribution in [1.82, 2.24) is 5.32 Å². The topological polar surface area (TPSA) is 32.3 Å². The highest BCUT2D eigenvalue weighted by Crippen LogP contribution is 2.36. The molecule has 4 heteroatoms. The van der Waals surface area contributed by atoms with Crippen molar-refractivity contribution < 1.29 is 13.9 Å². The van der Waals surface area contributed by atoms with Crippen LogP contribution in [0.2, 0.25) is 0 Å². The maximum Gasteiger partial charge on any atom is 0.129 e. The highest BCUT2D eigenvalue weighted by atomic mass is 19.1. The SMILES string of the molecule is OC1(Cc2c(F)cccc2F)CC2CCC(C1)N2. The highest BCUT2D eigenvalue weighted by Gasteiger charge is 2.43. The van der Waals surface area contributed by atoms with Gasteiger partial charge in [0.25, 0.3) is 0 Å². The lowest BCUT2D eigenvalue weighted by atomic mass is 9.82. The third-order valence-corrected chi connectivity index (χ3v) is 4.16. The summed E-state index contributed by atoms with van der Waals surface area (Å²) < 4.78 is 27.2. The minimum absolute atomic E-state index is 0.0151. The zero-order valence-corrected chi connectivity index (χ0v) is 10.1. The Labute approximate surface area is 105 Å². The van der Waals surface area contributed by atoms with Crippen molar-refractivity contribution >= 4 is 0 Å². The summed E-state index contributed by atoms with van der Waals surface area (Å²) in [5.41, 5.74) is -0.957. The number of halogens is 2. The number of hydrogen-bond acceptors (Lipinski definition) is 2. The van der Waals surface area contributed by atoms with E-state index < -0.39 is 17.2 Å². The Morgan fingerprint density at radius 3 is 2.28 bits per heavy atom. The van der Waals surface area contributed by atoms with Gasteiger partial charge in [-0.1, -0.05) is 6.07 Å². The van der Waals surface area contributed by atoms with Gasteiger partial charge in [0, 0.05) is 24.1 Å². The van der Waals surface area contributed by atoms with E-state index in [9.17, 15) is 13.9 Å². The first-order chi connectivity index (χ1) is 8.56. The summed E-state index contributed by atoms with van der Waals surface area (Å²) in [6.45, 7) is 0. The molecule has 0 saturated carbocycles. The second-order valence-corrected chi connectivity index (χ2v) is 5.65. The summed E-state index contributed by atoms with van der Waals surface area (Å²) in [4.78, 5) is 0. The minimum atomic E-state index is -0.972. The van der Waals surface area contributed by atoms with Crippen molar-refractivity contribution in [1.29, 1.82) is 0 Å². The fraction of sp³-hybridized carbons (Fsp3) is 0.571. The Kier molecular flexibility index (Phi) is 2.87. The first-order valence-electron chi connectivity index (χ1n) is 6.47. The molecular weight excluding hydrogens is 236 g/mol. The first-order valence-corrected chi connectivity index (χ1v) is 6.47. The lowest BCUT2D eigenvalue weighted by Gasteiger charge is -2.37. The van der Waals surface area contributed by atoms with Crippen molar-refractivity contribution in [3.63, 3.8) is 0 Å². The van der Waals surface area contributed by atoms with Crippen LogP contribution < -0.4 is 5.32 Å². The van der Waals surface area contributed by atoms with E-state index in [1.54, 1.807) is 0 Å². The maximum atomic E-state index is 13.6. The van der Waals surface area contributed by atoms with Gasteiger partial charge in [-0.25, -0.2) is 8.78 Å². The normalized spacial score (nSPS) is 34.8. The summed E-state index contributed by atoms with van der Waals surface area (Å²) >= 11 is 0. The minimum Gasteiger partial charge on any atom is -0.389 e. The van der Waals surface area contributed by atoms with E-state index in [0.717, 1.165) is 12.8 Å². The molecule has 2 unspecified atom stereocenters. The third kappa shape index (κ3) is 2.15. The van der Waals surface area contributed by atoms with Crippen molar-refractivity contribution in [2.75, 3.05) is 0 Å². The lowest BCUT2D eigenvalue weighted by Crippen LogP contribution is -2.49. The van der Waals surface area contributed by atoms with Gasteiger partial charge in [-0.2, -0.15) is 0 Å². The van der Waals surface area contributed by atoms with Crippen LogP contribution in [0.25, 0.3) is 0 Å². The Morgan fingerprint density at radius 1 is 1.17 bits per heavy atom. The lowest BCUT2D eigenvalue weighted by molar-refractivity contribution is -0.00743. The molecule has 1 aromatic carbocycles. The van der Waals surface area contributed by atoms with Gasteiger partial charge < -0.3 is 10.4 Å². The Morgan fingerprint density at radius 2 is 1.72 bits per heavy atom. The van der Waals surface area contributed by atoms with Crippen molar-refractivity contribution in [3.05, 3.63) is 35.4 Å². The largest absolute Gasteiger partial charge is 0.389 e. The van der Waals surface area contributed by atoms with E-state index in [1.807, 2.05) is 0 Å². The van der Waals surface area contributed by atoms with Gasteiger partial charge in [0.1, 0.15) is 11.6 Å². The number of piperidine rings is 1. The van der Waals surface area contributed by atoms with E-state index >= 15 is 0 Å². The van der Waals surface area contributed by atoms with Gasteiger partial charge in [0.15, 0.2) is 0 Å². The number of benzene rings is 1. The number of rotatable bonds is 2. The fourth-order valence-electron chi connectivity index (χ4n) is 3.40. The number of aliphatic hydroxyl groups is 1. The number of fused-ring (bicyclic) bond motifs is 2. The van der Waals surface area contributed by atoms with Crippen LogP contribution in [-0.2, 0) is 6.42 Å². The molecule has 0 aromatic heterocycles. The fourth-order valence-corrected chi connectivity index (χ4v) is 3.40. The predicted octanol–water partition coefficient (Wildman–Crippen LogP) is 2.15. The highest BCUT2D eigenvalue weighted by molar-refractivity contribution is 5.22. The van der Waals surface area contributed by atoms with E-state index in [0.29, 0.717) is 24.9 Å².